The molecule has 16 heavy (non-hydrogen) atoms. The van der Waals surface area contributed by atoms with E-state index >= 15 is 0 Å². The zero-order valence-electron chi connectivity index (χ0n) is 9.74. The summed E-state index contributed by atoms with van der Waals surface area (Å²) in [6.45, 7) is 2.02. The van der Waals surface area contributed by atoms with E-state index in [1.807, 2.05) is 25.1 Å². The number of hydrogen-bond acceptors (Lipinski definition) is 3. The lowest BCUT2D eigenvalue weighted by molar-refractivity contribution is 0.126. The Labute approximate surface area is 96.7 Å². The predicted octanol–water partition coefficient (Wildman–Crippen LogP) is 2.29. The third-order valence-corrected chi connectivity index (χ3v) is 3.38. The third kappa shape index (κ3) is 2.47. The summed E-state index contributed by atoms with van der Waals surface area (Å²) in [5.74, 6) is 0. The molecule has 3 nitrogen and oxygen atoms in total. The van der Waals surface area contributed by atoms with Crippen molar-refractivity contribution < 1.29 is 5.11 Å². The number of nitrogen functional groups attached to an aromatic ring is 1. The van der Waals surface area contributed by atoms with Crippen LogP contribution < -0.4 is 11.1 Å². The summed E-state index contributed by atoms with van der Waals surface area (Å²) < 4.78 is 0. The van der Waals surface area contributed by atoms with E-state index in [-0.39, 0.29) is 6.10 Å². The second kappa shape index (κ2) is 4.74. The maximum Gasteiger partial charge on any atom is 0.0579 e. The highest BCUT2D eigenvalue weighted by atomic mass is 16.3. The van der Waals surface area contributed by atoms with Crippen molar-refractivity contribution in [1.82, 2.24) is 0 Å². The molecule has 0 aromatic heterocycles. The molecule has 0 unspecified atom stereocenters. The van der Waals surface area contributed by atoms with Crippen molar-refractivity contribution in [3.05, 3.63) is 23.8 Å². The van der Waals surface area contributed by atoms with Gasteiger partial charge in [-0.05, 0) is 44.2 Å². The lowest BCUT2D eigenvalue weighted by Gasteiger charge is -2.27. The SMILES string of the molecule is Cc1cccc(NC2CCC(O)CC2)c1N. The first kappa shape index (κ1) is 11.3. The first-order valence-corrected chi connectivity index (χ1v) is 5.96. The molecule has 0 aliphatic heterocycles. The molecular weight excluding hydrogens is 200 g/mol. The largest absolute Gasteiger partial charge is 0.397 e. The Morgan fingerprint density at radius 2 is 1.94 bits per heavy atom. The van der Waals surface area contributed by atoms with Crippen LogP contribution in [0.5, 0.6) is 0 Å². The molecule has 0 amide bonds. The van der Waals surface area contributed by atoms with Gasteiger partial charge in [-0.1, -0.05) is 12.1 Å². The molecule has 1 aliphatic rings. The molecule has 2 rings (SSSR count). The maximum atomic E-state index is 9.44. The molecule has 0 bridgehead atoms. The standard InChI is InChI=1S/C13H20N2O/c1-9-3-2-4-12(13(9)14)15-10-5-7-11(16)8-6-10/h2-4,10-11,15-16H,5-8,14H2,1H3. The fourth-order valence-corrected chi connectivity index (χ4v) is 2.25. The lowest BCUT2D eigenvalue weighted by Crippen LogP contribution is -2.28. The first-order chi connectivity index (χ1) is 7.66. The highest BCUT2D eigenvalue weighted by Crippen LogP contribution is 2.27. The molecule has 1 aromatic rings. The zero-order valence-corrected chi connectivity index (χ0v) is 9.74. The van der Waals surface area contributed by atoms with Crippen molar-refractivity contribution in [2.45, 2.75) is 44.8 Å². The van der Waals surface area contributed by atoms with Crippen molar-refractivity contribution in [3.63, 3.8) is 0 Å². The van der Waals surface area contributed by atoms with Crippen LogP contribution in [0.4, 0.5) is 11.4 Å². The predicted molar refractivity (Wildman–Crippen MR) is 67.5 cm³/mol. The number of aryl methyl sites for hydroxylation is 1. The van der Waals surface area contributed by atoms with Crippen molar-refractivity contribution in [2.75, 3.05) is 11.1 Å². The fraction of sp³-hybridized carbons (Fsp3) is 0.538. The summed E-state index contributed by atoms with van der Waals surface area (Å²) in [5.41, 5.74) is 9.00. The van der Waals surface area contributed by atoms with Gasteiger partial charge in [0.25, 0.3) is 0 Å². The molecule has 1 aromatic carbocycles. The van der Waals surface area contributed by atoms with Gasteiger partial charge < -0.3 is 16.2 Å². The van der Waals surface area contributed by atoms with Crippen LogP contribution in [-0.4, -0.2) is 17.3 Å². The number of anilines is 2. The molecule has 0 saturated heterocycles. The smallest absolute Gasteiger partial charge is 0.0579 e. The average molecular weight is 220 g/mol. The number of rotatable bonds is 2. The van der Waals surface area contributed by atoms with Gasteiger partial charge in [0, 0.05) is 6.04 Å². The van der Waals surface area contributed by atoms with Crippen LogP contribution in [0, 0.1) is 6.92 Å². The molecule has 0 atom stereocenters. The van der Waals surface area contributed by atoms with Gasteiger partial charge in [-0.15, -0.1) is 0 Å². The zero-order chi connectivity index (χ0) is 11.5. The molecule has 3 heteroatoms. The maximum absolute atomic E-state index is 9.44. The summed E-state index contributed by atoms with van der Waals surface area (Å²) in [5, 5.41) is 12.9. The molecular formula is C13H20N2O. The molecule has 1 aliphatic carbocycles. The van der Waals surface area contributed by atoms with Crippen LogP contribution in [0.2, 0.25) is 0 Å². The number of benzene rings is 1. The van der Waals surface area contributed by atoms with Crippen LogP contribution in [0.1, 0.15) is 31.2 Å². The highest BCUT2D eigenvalue weighted by Gasteiger charge is 2.19. The average Bonchev–Trinajstić information content (AvgIpc) is 2.28. The van der Waals surface area contributed by atoms with Crippen molar-refractivity contribution >= 4 is 11.4 Å². The van der Waals surface area contributed by atoms with Crippen LogP contribution in [0.15, 0.2) is 18.2 Å². The van der Waals surface area contributed by atoms with Gasteiger partial charge >= 0.3 is 0 Å². The summed E-state index contributed by atoms with van der Waals surface area (Å²) in [4.78, 5) is 0. The second-order valence-corrected chi connectivity index (χ2v) is 4.69. The number of nitrogens with one attached hydrogen (secondary N) is 1. The molecule has 0 heterocycles. The van der Waals surface area contributed by atoms with E-state index in [9.17, 15) is 5.11 Å². The molecule has 88 valence electrons. The Balaban J connectivity index is 2.01. The second-order valence-electron chi connectivity index (χ2n) is 4.69. The summed E-state index contributed by atoms with van der Waals surface area (Å²) in [6, 6.07) is 6.51. The Kier molecular flexibility index (Phi) is 3.34. The van der Waals surface area contributed by atoms with E-state index in [0.29, 0.717) is 6.04 Å². The molecule has 1 saturated carbocycles. The summed E-state index contributed by atoms with van der Waals surface area (Å²) >= 11 is 0. The van der Waals surface area contributed by atoms with Crippen LogP contribution in [0.3, 0.4) is 0 Å². The van der Waals surface area contributed by atoms with Crippen LogP contribution in [0.25, 0.3) is 0 Å². The number of aliphatic hydroxyl groups excluding tert-OH is 1. The molecule has 1 fully saturated rings. The normalized spacial score (nSPS) is 25.4. The van der Waals surface area contributed by atoms with Crippen molar-refractivity contribution in [2.24, 2.45) is 0 Å². The van der Waals surface area contributed by atoms with Gasteiger partial charge in [0.15, 0.2) is 0 Å². The molecule has 0 spiro atoms. The van der Waals surface area contributed by atoms with E-state index in [2.05, 4.69) is 5.32 Å². The summed E-state index contributed by atoms with van der Waals surface area (Å²) in [7, 11) is 0. The number of hydrogen-bond donors (Lipinski definition) is 3. The summed E-state index contributed by atoms with van der Waals surface area (Å²) in [6.07, 6.45) is 3.73. The van der Waals surface area contributed by atoms with Gasteiger partial charge in [-0.3, -0.25) is 0 Å². The first-order valence-electron chi connectivity index (χ1n) is 5.96. The van der Waals surface area contributed by atoms with E-state index < -0.39 is 0 Å². The van der Waals surface area contributed by atoms with E-state index in [1.54, 1.807) is 0 Å². The lowest BCUT2D eigenvalue weighted by atomic mass is 9.93. The van der Waals surface area contributed by atoms with Crippen LogP contribution in [-0.2, 0) is 0 Å². The fourth-order valence-electron chi connectivity index (χ4n) is 2.25. The third-order valence-electron chi connectivity index (χ3n) is 3.38. The molecule has 0 radical (unpaired) electrons. The Bertz CT molecular complexity index is 357. The minimum atomic E-state index is -0.104. The molecule has 4 N–H and O–H groups in total. The van der Waals surface area contributed by atoms with Gasteiger partial charge in [0.1, 0.15) is 0 Å². The van der Waals surface area contributed by atoms with E-state index in [4.69, 9.17) is 5.73 Å². The van der Waals surface area contributed by atoms with Gasteiger partial charge in [-0.2, -0.15) is 0 Å². The minimum Gasteiger partial charge on any atom is -0.397 e. The highest BCUT2D eigenvalue weighted by molar-refractivity contribution is 5.69. The van der Waals surface area contributed by atoms with Crippen molar-refractivity contribution in [1.29, 1.82) is 0 Å². The van der Waals surface area contributed by atoms with Gasteiger partial charge in [-0.25, -0.2) is 0 Å². The van der Waals surface area contributed by atoms with E-state index in [0.717, 1.165) is 42.6 Å². The minimum absolute atomic E-state index is 0.104. The quantitative estimate of drug-likeness (QED) is 0.670. The number of aliphatic hydroxyl groups is 1. The topological polar surface area (TPSA) is 58.3 Å². The Hall–Kier alpha value is -1.22. The number of nitrogens with two attached hydrogens (primary N) is 1. The van der Waals surface area contributed by atoms with Gasteiger partial charge in [0.05, 0.1) is 17.5 Å². The van der Waals surface area contributed by atoms with Crippen molar-refractivity contribution in [3.8, 4) is 0 Å². The monoisotopic (exact) mass is 220 g/mol. The van der Waals surface area contributed by atoms with Gasteiger partial charge in [0.2, 0.25) is 0 Å². The Morgan fingerprint density at radius 1 is 1.25 bits per heavy atom. The Morgan fingerprint density at radius 3 is 2.62 bits per heavy atom. The van der Waals surface area contributed by atoms with E-state index in [1.165, 1.54) is 0 Å². The number of para-hydroxylation sites is 1. The van der Waals surface area contributed by atoms with Crippen LogP contribution >= 0.6 is 0 Å².